The number of para-hydroxylation sites is 1. The minimum atomic E-state index is -3.46. The molecule has 5 nitrogen and oxygen atoms in total. The van der Waals surface area contributed by atoms with E-state index in [2.05, 4.69) is 0 Å². The lowest BCUT2D eigenvalue weighted by Crippen LogP contribution is -2.42. The summed E-state index contributed by atoms with van der Waals surface area (Å²) in [6.07, 6.45) is 0. The van der Waals surface area contributed by atoms with E-state index in [9.17, 15) is 9.36 Å². The topological polar surface area (TPSA) is 53.2 Å². The van der Waals surface area contributed by atoms with Crippen molar-refractivity contribution in [3.05, 3.63) is 29.8 Å². The third kappa shape index (κ3) is 2.18. The highest BCUT2D eigenvalue weighted by molar-refractivity contribution is 7.65. The van der Waals surface area contributed by atoms with Crippen molar-refractivity contribution in [2.75, 3.05) is 24.1 Å². The molecule has 0 bridgehead atoms. The number of rotatable bonds is 3. The number of amides is 1. The van der Waals surface area contributed by atoms with Gasteiger partial charge in [-0.1, -0.05) is 35.3 Å². The molecule has 1 amide bonds. The molecule has 114 valence electrons. The minimum absolute atomic E-state index is 0.125. The van der Waals surface area contributed by atoms with Crippen molar-refractivity contribution in [1.29, 1.82) is 0 Å². The number of carbonyl (C=O) groups is 1. The predicted octanol–water partition coefficient (Wildman–Crippen LogP) is 3.50. The Morgan fingerprint density at radius 2 is 2.00 bits per heavy atom. The molecule has 1 aromatic carbocycles. The van der Waals surface area contributed by atoms with Gasteiger partial charge in [0.2, 0.25) is 5.85 Å². The van der Waals surface area contributed by atoms with Crippen molar-refractivity contribution in [1.82, 2.24) is 4.67 Å². The smallest absolute Gasteiger partial charge is 0.299 e. The van der Waals surface area contributed by atoms with Gasteiger partial charge in [0.1, 0.15) is 0 Å². The van der Waals surface area contributed by atoms with Crippen molar-refractivity contribution in [2.24, 2.45) is 0 Å². The number of fused-ring (bicyclic) bond motifs is 1. The molecule has 3 rings (SSSR count). The van der Waals surface area contributed by atoms with Gasteiger partial charge in [0.15, 0.2) is 0 Å². The lowest BCUT2D eigenvalue weighted by Gasteiger charge is -2.42. The second kappa shape index (κ2) is 5.04. The standard InChI is InChI=1S/C12H12Cl3N2O3P/c1-16-9-5-3-2-4-8(9)10(18)17(7-6-13)21(16,19)11-12(14,15)20-11/h2-5,11H,6-7H2,1H3. The molecule has 2 aliphatic heterocycles. The van der Waals surface area contributed by atoms with Crippen LogP contribution in [-0.4, -0.2) is 40.4 Å². The van der Waals surface area contributed by atoms with Gasteiger partial charge in [0, 0.05) is 19.5 Å². The zero-order valence-electron chi connectivity index (χ0n) is 11.0. The number of epoxide rings is 1. The fraction of sp³-hybridized carbons (Fsp3) is 0.417. The molecule has 21 heavy (non-hydrogen) atoms. The molecule has 2 aliphatic rings. The third-order valence-corrected chi connectivity index (χ3v) is 7.87. The summed E-state index contributed by atoms with van der Waals surface area (Å²) in [7, 11) is -1.82. The number of hydrogen-bond acceptors (Lipinski definition) is 3. The number of halogens is 3. The predicted molar refractivity (Wildman–Crippen MR) is 83.5 cm³/mol. The molecular formula is C12H12Cl3N2O3P. The van der Waals surface area contributed by atoms with Gasteiger partial charge in [-0.3, -0.25) is 14.0 Å². The number of anilines is 1. The van der Waals surface area contributed by atoms with Gasteiger partial charge in [-0.15, -0.1) is 11.6 Å². The van der Waals surface area contributed by atoms with E-state index >= 15 is 0 Å². The van der Waals surface area contributed by atoms with Crippen LogP contribution in [0.5, 0.6) is 0 Å². The molecule has 0 spiro atoms. The van der Waals surface area contributed by atoms with Crippen LogP contribution in [0.4, 0.5) is 5.69 Å². The highest BCUT2D eigenvalue weighted by atomic mass is 35.5. The summed E-state index contributed by atoms with van der Waals surface area (Å²) in [5, 5.41) is 0. The summed E-state index contributed by atoms with van der Waals surface area (Å²) in [4.78, 5) is 12.6. The van der Waals surface area contributed by atoms with E-state index in [1.807, 2.05) is 0 Å². The Bertz CT molecular complexity index is 654. The highest BCUT2D eigenvalue weighted by Crippen LogP contribution is 2.72. The van der Waals surface area contributed by atoms with Crippen LogP contribution in [0, 0.1) is 0 Å². The van der Waals surface area contributed by atoms with Crippen LogP contribution in [0.15, 0.2) is 24.3 Å². The average Bonchev–Trinajstić information content (AvgIpc) is 3.11. The first-order valence-electron chi connectivity index (χ1n) is 6.21. The summed E-state index contributed by atoms with van der Waals surface area (Å²) in [5.41, 5.74) is 1.03. The van der Waals surface area contributed by atoms with Crippen LogP contribution in [0.1, 0.15) is 10.4 Å². The normalized spacial score (nSPS) is 30.3. The second-order valence-corrected chi connectivity index (χ2v) is 9.20. The summed E-state index contributed by atoms with van der Waals surface area (Å²) in [6, 6.07) is 6.93. The number of carbonyl (C=O) groups excluding carboxylic acids is 1. The van der Waals surface area contributed by atoms with Crippen molar-refractivity contribution >= 4 is 53.8 Å². The van der Waals surface area contributed by atoms with Gasteiger partial charge in [-0.25, -0.2) is 0 Å². The molecular weight excluding hydrogens is 357 g/mol. The van der Waals surface area contributed by atoms with Crippen molar-refractivity contribution in [3.8, 4) is 0 Å². The zero-order chi connectivity index (χ0) is 15.4. The summed E-state index contributed by atoms with van der Waals surface area (Å²) < 4.78 is 19.9. The van der Waals surface area contributed by atoms with Gasteiger partial charge in [0.25, 0.3) is 17.9 Å². The highest BCUT2D eigenvalue weighted by Gasteiger charge is 2.69. The van der Waals surface area contributed by atoms with Gasteiger partial charge in [-0.05, 0) is 12.1 Å². The number of hydrogen-bond donors (Lipinski definition) is 0. The van der Waals surface area contributed by atoms with Gasteiger partial charge < -0.3 is 9.41 Å². The van der Waals surface area contributed by atoms with Crippen LogP contribution < -0.4 is 4.67 Å². The van der Waals surface area contributed by atoms with Crippen molar-refractivity contribution in [3.63, 3.8) is 0 Å². The first-order valence-corrected chi connectivity index (χ1v) is 9.18. The Hall–Kier alpha value is -0.450. The van der Waals surface area contributed by atoms with E-state index in [4.69, 9.17) is 39.5 Å². The van der Waals surface area contributed by atoms with Crippen LogP contribution >= 0.6 is 42.2 Å². The molecule has 2 heterocycles. The number of benzene rings is 1. The minimum Gasteiger partial charge on any atom is -0.323 e. The van der Waals surface area contributed by atoms with Crippen molar-refractivity contribution in [2.45, 2.75) is 10.4 Å². The maximum Gasteiger partial charge on any atom is 0.299 e. The van der Waals surface area contributed by atoms with Gasteiger partial charge in [0.05, 0.1) is 11.3 Å². The maximum absolute atomic E-state index is 13.5. The quantitative estimate of drug-likeness (QED) is 0.465. The van der Waals surface area contributed by atoms with E-state index in [0.717, 1.165) is 0 Å². The molecule has 1 saturated heterocycles. The lowest BCUT2D eigenvalue weighted by atomic mass is 10.1. The third-order valence-electron chi connectivity index (χ3n) is 3.59. The summed E-state index contributed by atoms with van der Waals surface area (Å²) in [6.45, 7) is 0.125. The van der Waals surface area contributed by atoms with E-state index in [1.54, 1.807) is 31.3 Å². The van der Waals surface area contributed by atoms with Crippen LogP contribution in [0.25, 0.3) is 0 Å². The number of nitrogens with zero attached hydrogens (tertiary/aromatic N) is 2. The molecule has 0 aromatic heterocycles. The lowest BCUT2D eigenvalue weighted by molar-refractivity contribution is 0.0858. The molecule has 2 unspecified atom stereocenters. The van der Waals surface area contributed by atoms with Gasteiger partial charge in [-0.2, -0.15) is 0 Å². The molecule has 0 saturated carbocycles. The SMILES string of the molecule is CN1c2ccccc2C(=O)N(CCCl)P1(=O)C1OC1(Cl)Cl. The first kappa shape index (κ1) is 15.4. The second-order valence-electron chi connectivity index (χ2n) is 4.78. The largest absolute Gasteiger partial charge is 0.323 e. The fourth-order valence-corrected chi connectivity index (χ4v) is 6.69. The molecule has 9 heteroatoms. The summed E-state index contributed by atoms with van der Waals surface area (Å²) in [5.74, 6) is -1.15. The van der Waals surface area contributed by atoms with E-state index in [0.29, 0.717) is 11.3 Å². The van der Waals surface area contributed by atoms with E-state index < -0.39 is 17.8 Å². The van der Waals surface area contributed by atoms with Gasteiger partial charge >= 0.3 is 0 Å². The zero-order valence-corrected chi connectivity index (χ0v) is 14.2. The number of alkyl halides is 3. The fourth-order valence-electron chi connectivity index (χ4n) is 2.51. The Balaban J connectivity index is 2.14. The molecule has 0 N–H and O–H groups in total. The Kier molecular flexibility index (Phi) is 3.70. The van der Waals surface area contributed by atoms with Crippen LogP contribution in [0.2, 0.25) is 0 Å². The first-order chi connectivity index (χ1) is 9.84. The Morgan fingerprint density at radius 3 is 2.57 bits per heavy atom. The molecule has 2 atom stereocenters. The van der Waals surface area contributed by atoms with E-state index in [1.165, 1.54) is 9.34 Å². The van der Waals surface area contributed by atoms with Crippen molar-refractivity contribution < 1.29 is 14.1 Å². The number of ether oxygens (including phenoxy) is 1. The maximum atomic E-state index is 13.5. The summed E-state index contributed by atoms with van der Waals surface area (Å²) >= 11 is 17.6. The molecule has 0 radical (unpaired) electrons. The van der Waals surface area contributed by atoms with E-state index in [-0.39, 0.29) is 18.3 Å². The molecule has 0 aliphatic carbocycles. The van der Waals surface area contributed by atoms with Crippen LogP contribution in [0.3, 0.4) is 0 Å². The van der Waals surface area contributed by atoms with Crippen LogP contribution in [-0.2, 0) is 9.30 Å². The Labute approximate surface area is 137 Å². The Morgan fingerprint density at radius 1 is 1.38 bits per heavy atom. The monoisotopic (exact) mass is 368 g/mol. The molecule has 1 fully saturated rings. The molecule has 1 aromatic rings. The average molecular weight is 370 g/mol.